The Kier molecular flexibility index (Phi) is 6.16. The third-order valence-electron chi connectivity index (χ3n) is 3.66. The Morgan fingerprint density at radius 1 is 1.28 bits per heavy atom. The van der Waals surface area contributed by atoms with E-state index < -0.39 is 0 Å². The number of carbonyl (C=O) groups is 2. The van der Waals surface area contributed by atoms with Gasteiger partial charge in [-0.1, -0.05) is 26.7 Å². The van der Waals surface area contributed by atoms with Crippen LogP contribution in [0.15, 0.2) is 0 Å². The smallest absolute Gasteiger partial charge is 0.310 e. The van der Waals surface area contributed by atoms with Crippen LogP contribution in [0.4, 0.5) is 0 Å². The van der Waals surface area contributed by atoms with E-state index in [1.165, 1.54) is 7.11 Å². The number of amides is 1. The molecule has 0 radical (unpaired) electrons. The number of hydrogen-bond donors (Lipinski definition) is 0. The zero-order chi connectivity index (χ0) is 13.5. The topological polar surface area (TPSA) is 46.6 Å². The number of ether oxygens (including phenoxy) is 1. The van der Waals surface area contributed by atoms with Gasteiger partial charge in [-0.25, -0.2) is 0 Å². The van der Waals surface area contributed by atoms with Crippen molar-refractivity contribution in [3.8, 4) is 0 Å². The minimum Gasteiger partial charge on any atom is -0.469 e. The molecular weight excluding hydrogens is 230 g/mol. The van der Waals surface area contributed by atoms with Crippen molar-refractivity contribution in [1.29, 1.82) is 0 Å². The molecule has 1 heterocycles. The van der Waals surface area contributed by atoms with Crippen LogP contribution in [0, 0.1) is 11.8 Å². The first kappa shape index (κ1) is 15.0. The number of nitrogens with zero attached hydrogens (tertiary/aromatic N) is 1. The fourth-order valence-corrected chi connectivity index (χ4v) is 2.67. The molecule has 0 aromatic carbocycles. The fraction of sp³-hybridized carbons (Fsp3) is 0.857. The van der Waals surface area contributed by atoms with Gasteiger partial charge in [-0.2, -0.15) is 0 Å². The van der Waals surface area contributed by atoms with E-state index in [4.69, 9.17) is 4.74 Å². The van der Waals surface area contributed by atoms with Gasteiger partial charge in [-0.15, -0.1) is 0 Å². The van der Waals surface area contributed by atoms with E-state index in [0.717, 1.165) is 32.1 Å². The van der Waals surface area contributed by atoms with Crippen LogP contribution < -0.4 is 0 Å². The molecule has 1 rings (SSSR count). The summed E-state index contributed by atoms with van der Waals surface area (Å²) in [4.78, 5) is 25.6. The van der Waals surface area contributed by atoms with E-state index in [-0.39, 0.29) is 23.7 Å². The van der Waals surface area contributed by atoms with Gasteiger partial charge in [-0.3, -0.25) is 9.59 Å². The van der Waals surface area contributed by atoms with Crippen LogP contribution in [0.1, 0.15) is 46.0 Å². The molecule has 0 saturated carbocycles. The SMILES string of the molecule is CCCC(CCC)C(=O)N1CCC(C(=O)OC)C1. The minimum absolute atomic E-state index is 0.122. The Morgan fingerprint density at radius 3 is 2.39 bits per heavy atom. The molecular formula is C14H25NO3. The molecule has 0 bridgehead atoms. The van der Waals surface area contributed by atoms with Gasteiger partial charge < -0.3 is 9.64 Å². The highest BCUT2D eigenvalue weighted by atomic mass is 16.5. The highest BCUT2D eigenvalue weighted by molar-refractivity contribution is 5.81. The van der Waals surface area contributed by atoms with Crippen LogP contribution in [0.3, 0.4) is 0 Å². The lowest BCUT2D eigenvalue weighted by molar-refractivity contribution is -0.145. The van der Waals surface area contributed by atoms with Crippen molar-refractivity contribution >= 4 is 11.9 Å². The van der Waals surface area contributed by atoms with Gasteiger partial charge in [-0.05, 0) is 19.3 Å². The van der Waals surface area contributed by atoms with Crippen molar-refractivity contribution in [1.82, 2.24) is 4.90 Å². The molecule has 4 nitrogen and oxygen atoms in total. The van der Waals surface area contributed by atoms with Crippen molar-refractivity contribution in [2.75, 3.05) is 20.2 Å². The Labute approximate surface area is 110 Å². The minimum atomic E-state index is -0.187. The molecule has 0 spiro atoms. The summed E-state index contributed by atoms with van der Waals surface area (Å²) >= 11 is 0. The van der Waals surface area contributed by atoms with E-state index in [1.54, 1.807) is 0 Å². The summed E-state index contributed by atoms with van der Waals surface area (Å²) in [5.41, 5.74) is 0. The highest BCUT2D eigenvalue weighted by Crippen LogP contribution is 2.23. The molecule has 1 aliphatic heterocycles. The maximum Gasteiger partial charge on any atom is 0.310 e. The summed E-state index contributed by atoms with van der Waals surface area (Å²) < 4.78 is 4.74. The number of rotatable bonds is 6. The third kappa shape index (κ3) is 3.72. The molecule has 1 unspecified atom stereocenters. The Hall–Kier alpha value is -1.06. The maximum atomic E-state index is 12.4. The van der Waals surface area contributed by atoms with Crippen LogP contribution in [0.2, 0.25) is 0 Å². The quantitative estimate of drug-likeness (QED) is 0.684. The Balaban J connectivity index is 2.54. The zero-order valence-electron chi connectivity index (χ0n) is 11.8. The molecule has 1 fully saturated rings. The fourth-order valence-electron chi connectivity index (χ4n) is 2.67. The Morgan fingerprint density at radius 2 is 1.89 bits per heavy atom. The number of methoxy groups -OCH3 is 1. The number of hydrogen-bond acceptors (Lipinski definition) is 3. The van der Waals surface area contributed by atoms with Crippen molar-refractivity contribution < 1.29 is 14.3 Å². The van der Waals surface area contributed by atoms with E-state index >= 15 is 0 Å². The molecule has 0 aliphatic carbocycles. The summed E-state index contributed by atoms with van der Waals surface area (Å²) in [6.45, 7) is 5.45. The van der Waals surface area contributed by atoms with Crippen LogP contribution >= 0.6 is 0 Å². The highest BCUT2D eigenvalue weighted by Gasteiger charge is 2.33. The van der Waals surface area contributed by atoms with E-state index in [9.17, 15) is 9.59 Å². The number of esters is 1. The van der Waals surface area contributed by atoms with Gasteiger partial charge >= 0.3 is 5.97 Å². The predicted molar refractivity (Wildman–Crippen MR) is 70.0 cm³/mol. The largest absolute Gasteiger partial charge is 0.469 e. The van der Waals surface area contributed by atoms with E-state index in [1.807, 2.05) is 4.90 Å². The van der Waals surface area contributed by atoms with Gasteiger partial charge in [0.25, 0.3) is 0 Å². The lowest BCUT2D eigenvalue weighted by Crippen LogP contribution is -2.35. The van der Waals surface area contributed by atoms with Gasteiger partial charge in [0.05, 0.1) is 13.0 Å². The molecule has 1 atom stereocenters. The molecule has 18 heavy (non-hydrogen) atoms. The molecule has 0 N–H and O–H groups in total. The molecule has 0 aromatic heterocycles. The third-order valence-corrected chi connectivity index (χ3v) is 3.66. The van der Waals surface area contributed by atoms with E-state index in [0.29, 0.717) is 13.1 Å². The normalized spacial score (nSPS) is 19.3. The molecule has 1 aliphatic rings. The summed E-state index contributed by atoms with van der Waals surface area (Å²) in [5.74, 6) is 0.0530. The first-order chi connectivity index (χ1) is 8.63. The maximum absolute atomic E-state index is 12.4. The monoisotopic (exact) mass is 255 g/mol. The summed E-state index contributed by atoms with van der Waals surface area (Å²) in [6, 6.07) is 0. The second-order valence-electron chi connectivity index (χ2n) is 5.07. The predicted octanol–water partition coefficient (Wildman–Crippen LogP) is 2.22. The molecule has 1 amide bonds. The molecule has 0 aromatic rings. The average Bonchev–Trinajstić information content (AvgIpc) is 2.86. The number of likely N-dealkylation sites (tertiary alicyclic amines) is 1. The summed E-state index contributed by atoms with van der Waals surface area (Å²) in [7, 11) is 1.41. The lowest BCUT2D eigenvalue weighted by Gasteiger charge is -2.22. The first-order valence-corrected chi connectivity index (χ1v) is 7.00. The van der Waals surface area contributed by atoms with Gasteiger partial charge in [0.1, 0.15) is 0 Å². The van der Waals surface area contributed by atoms with E-state index in [2.05, 4.69) is 13.8 Å². The molecule has 104 valence electrons. The van der Waals surface area contributed by atoms with Crippen molar-refractivity contribution in [3.05, 3.63) is 0 Å². The van der Waals surface area contributed by atoms with Crippen molar-refractivity contribution in [2.24, 2.45) is 11.8 Å². The van der Waals surface area contributed by atoms with Crippen LogP contribution in [0.25, 0.3) is 0 Å². The van der Waals surface area contributed by atoms with Gasteiger partial charge in [0.2, 0.25) is 5.91 Å². The summed E-state index contributed by atoms with van der Waals surface area (Å²) in [6.07, 6.45) is 4.71. The van der Waals surface area contributed by atoms with Crippen LogP contribution in [0.5, 0.6) is 0 Å². The average molecular weight is 255 g/mol. The van der Waals surface area contributed by atoms with Gasteiger partial charge in [0, 0.05) is 19.0 Å². The van der Waals surface area contributed by atoms with Crippen LogP contribution in [-0.4, -0.2) is 37.0 Å². The lowest BCUT2D eigenvalue weighted by atomic mass is 9.97. The molecule has 4 heteroatoms. The first-order valence-electron chi connectivity index (χ1n) is 7.00. The van der Waals surface area contributed by atoms with Gasteiger partial charge in [0.15, 0.2) is 0 Å². The number of carbonyl (C=O) groups excluding carboxylic acids is 2. The second kappa shape index (κ2) is 7.39. The zero-order valence-corrected chi connectivity index (χ0v) is 11.8. The standard InChI is InChI=1S/C14H25NO3/c1-4-6-11(7-5-2)13(16)15-9-8-12(10-15)14(17)18-3/h11-12H,4-10H2,1-3H3. The second-order valence-corrected chi connectivity index (χ2v) is 5.07. The Bertz CT molecular complexity index is 285. The van der Waals surface area contributed by atoms with Crippen molar-refractivity contribution in [3.63, 3.8) is 0 Å². The summed E-state index contributed by atoms with van der Waals surface area (Å²) in [5, 5.41) is 0. The van der Waals surface area contributed by atoms with Crippen molar-refractivity contribution in [2.45, 2.75) is 46.0 Å². The molecule has 1 saturated heterocycles. The van der Waals surface area contributed by atoms with Crippen LogP contribution in [-0.2, 0) is 14.3 Å².